The second-order valence-corrected chi connectivity index (χ2v) is 18.5. The van der Waals surface area contributed by atoms with Gasteiger partial charge in [-0.2, -0.15) is 15.0 Å². The van der Waals surface area contributed by atoms with Gasteiger partial charge < -0.3 is 20.3 Å². The van der Waals surface area contributed by atoms with Crippen LogP contribution in [0.4, 0.5) is 13.6 Å². The molecule has 4 amide bonds. The highest BCUT2D eigenvalue weighted by Crippen LogP contribution is 2.49. The molecule has 6 atom stereocenters. The third kappa shape index (κ3) is 8.43. The number of hydrogen-bond donors (Lipinski definition) is 3. The first-order valence-corrected chi connectivity index (χ1v) is 20.7. The Bertz CT molecular complexity index is 2190. The van der Waals surface area contributed by atoms with Gasteiger partial charge in [0.05, 0.1) is 17.2 Å². The molecule has 3 N–H and O–H groups in total. The van der Waals surface area contributed by atoms with E-state index in [0.717, 1.165) is 16.7 Å². The van der Waals surface area contributed by atoms with Crippen LogP contribution in [0.1, 0.15) is 77.8 Å². The van der Waals surface area contributed by atoms with Crippen molar-refractivity contribution in [1.82, 2.24) is 35.2 Å². The molecule has 1 aromatic heterocycles. The summed E-state index contributed by atoms with van der Waals surface area (Å²) >= 11 is 0. The molecule has 1 unspecified atom stereocenters. The third-order valence-electron chi connectivity index (χ3n) is 11.0. The maximum atomic E-state index is 14.7. The summed E-state index contributed by atoms with van der Waals surface area (Å²) in [6, 6.07) is 13.8. The lowest BCUT2D eigenvalue weighted by Crippen LogP contribution is -2.60. The van der Waals surface area contributed by atoms with Crippen LogP contribution in [0.3, 0.4) is 0 Å². The highest BCUT2D eigenvalue weighted by Gasteiger charge is 2.67. The Balaban J connectivity index is 1.29. The van der Waals surface area contributed by atoms with E-state index < -0.39 is 93.0 Å². The number of benzene rings is 2. The molecule has 7 rings (SSSR count). The molecule has 2 aliphatic carbocycles. The van der Waals surface area contributed by atoms with E-state index in [9.17, 15) is 36.4 Å². The summed E-state index contributed by atoms with van der Waals surface area (Å²) in [5, 5.41) is 14.2. The summed E-state index contributed by atoms with van der Waals surface area (Å²) < 4.78 is 61.4. The average molecular weight is 808 g/mol. The van der Waals surface area contributed by atoms with Gasteiger partial charge in [-0.15, -0.1) is 0 Å². The van der Waals surface area contributed by atoms with Crippen LogP contribution in [0.25, 0.3) is 28.6 Å². The molecule has 4 aliphatic rings. The molecule has 3 fully saturated rings. The Kier molecular flexibility index (Phi) is 10.7. The van der Waals surface area contributed by atoms with Gasteiger partial charge in [-0.05, 0) is 56.1 Å². The summed E-state index contributed by atoms with van der Waals surface area (Å²) in [6.07, 6.45) is 0.714. The monoisotopic (exact) mass is 807 g/mol. The quantitative estimate of drug-likeness (QED) is 0.301. The molecule has 304 valence electrons. The van der Waals surface area contributed by atoms with E-state index in [1.54, 1.807) is 27.7 Å². The van der Waals surface area contributed by atoms with Crippen molar-refractivity contribution in [2.45, 2.75) is 108 Å². The van der Waals surface area contributed by atoms with Crippen molar-refractivity contribution in [3.63, 3.8) is 0 Å². The molecule has 3 heterocycles. The molecule has 17 heteroatoms. The number of carbonyl (C=O) groups is 4. The summed E-state index contributed by atoms with van der Waals surface area (Å²) in [7, 11) is -4.14. The molecule has 0 spiro atoms. The number of cyclic esters (lactones) is 1. The first kappa shape index (κ1) is 40.0. The van der Waals surface area contributed by atoms with Gasteiger partial charge in [0.15, 0.2) is 0 Å². The number of halogens is 2. The van der Waals surface area contributed by atoms with Crippen molar-refractivity contribution in [3.05, 3.63) is 66.2 Å². The number of nitrogens with one attached hydrogen (secondary N) is 3. The number of amides is 4. The zero-order valence-corrected chi connectivity index (χ0v) is 33.0. The van der Waals surface area contributed by atoms with E-state index in [0.29, 0.717) is 37.1 Å². The Labute approximate surface area is 329 Å². The first-order chi connectivity index (χ1) is 27.0. The third-order valence-corrected chi connectivity index (χ3v) is 12.8. The molecular formula is C40H47F2N7O7S. The number of alkyl carbamates (subject to hydrolysis) is 1. The van der Waals surface area contributed by atoms with Crippen LogP contribution in [-0.4, -0.2) is 94.1 Å². The zero-order chi connectivity index (χ0) is 40.9. The van der Waals surface area contributed by atoms with Crippen molar-refractivity contribution in [3.8, 4) is 22.5 Å². The molecule has 2 aromatic carbocycles. The van der Waals surface area contributed by atoms with E-state index in [1.165, 1.54) is 9.70 Å². The molecule has 3 aromatic rings. The lowest BCUT2D eigenvalue weighted by atomic mass is 9.85. The standard InChI is InChI=1S/C40H47F2N7O7S/c1-23-11-8-9-12-24-13-10-16-26(19-24)32-31(25-14-6-5-7-15-25)45-49(46-32)27-20-30(48(22-27)36(51)33(39(2,3)4)43-38(53)56-23)35(50)44-40(21-29(40)34(41)42)37(52)47-57(54,55)28-17-18-28/h5-7,9-10,12-16,19,23,27-30,33-34H,8,11,17-18,20-22H2,1-4H3,(H,43,53)(H,44,50)(H,47,52)/b12-9+/t23-,27?,29-,30-,33+,40-/m0/s1. The van der Waals surface area contributed by atoms with Crippen LogP contribution in [0.2, 0.25) is 0 Å². The molecule has 14 nitrogen and oxygen atoms in total. The van der Waals surface area contributed by atoms with Gasteiger partial charge >= 0.3 is 6.09 Å². The van der Waals surface area contributed by atoms with Crippen LogP contribution in [0, 0.1) is 11.3 Å². The van der Waals surface area contributed by atoms with Crippen molar-refractivity contribution < 1.29 is 41.1 Å². The number of nitrogens with zero attached hydrogens (tertiary/aromatic N) is 4. The van der Waals surface area contributed by atoms with E-state index in [2.05, 4.69) is 10.6 Å². The van der Waals surface area contributed by atoms with Gasteiger partial charge in [0.1, 0.15) is 35.1 Å². The molecule has 2 aliphatic heterocycles. The fraction of sp³-hybridized carbons (Fsp3) is 0.500. The maximum absolute atomic E-state index is 14.7. The number of sulfonamides is 1. The summed E-state index contributed by atoms with van der Waals surface area (Å²) in [5.74, 6) is -4.49. The lowest BCUT2D eigenvalue weighted by Gasteiger charge is -2.35. The summed E-state index contributed by atoms with van der Waals surface area (Å²) in [6.45, 7) is 6.83. The molecule has 6 bridgehead atoms. The average Bonchev–Trinajstić information content (AvgIpc) is 4.05. The lowest BCUT2D eigenvalue weighted by molar-refractivity contribution is -0.143. The molecule has 2 saturated carbocycles. The van der Waals surface area contributed by atoms with Crippen LogP contribution in [0.15, 0.2) is 60.7 Å². The van der Waals surface area contributed by atoms with Crippen molar-refractivity contribution in [2.24, 2.45) is 11.3 Å². The van der Waals surface area contributed by atoms with Crippen LogP contribution >= 0.6 is 0 Å². The minimum absolute atomic E-state index is 0.0987. The van der Waals surface area contributed by atoms with Gasteiger partial charge in [0, 0.05) is 24.1 Å². The van der Waals surface area contributed by atoms with Gasteiger partial charge in [0.25, 0.3) is 5.91 Å². The largest absolute Gasteiger partial charge is 0.447 e. The van der Waals surface area contributed by atoms with E-state index in [1.807, 2.05) is 71.5 Å². The predicted octanol–water partition coefficient (Wildman–Crippen LogP) is 4.84. The first-order valence-electron chi connectivity index (χ1n) is 19.2. The Morgan fingerprint density at radius 2 is 1.68 bits per heavy atom. The Morgan fingerprint density at radius 1 is 1.00 bits per heavy atom. The normalized spacial score (nSPS) is 27.4. The van der Waals surface area contributed by atoms with E-state index in [4.69, 9.17) is 14.9 Å². The number of alkyl halides is 2. The second-order valence-electron chi connectivity index (χ2n) is 16.5. The van der Waals surface area contributed by atoms with Gasteiger partial charge in [-0.25, -0.2) is 22.0 Å². The minimum Gasteiger partial charge on any atom is -0.447 e. The van der Waals surface area contributed by atoms with Gasteiger partial charge in [-0.3, -0.25) is 19.1 Å². The second kappa shape index (κ2) is 15.3. The number of allylic oxidation sites excluding steroid dienone is 1. The molecule has 0 radical (unpaired) electrons. The van der Waals surface area contributed by atoms with Crippen molar-refractivity contribution in [1.29, 1.82) is 0 Å². The fourth-order valence-electron chi connectivity index (χ4n) is 7.53. The molecular weight excluding hydrogens is 761 g/mol. The minimum atomic E-state index is -4.14. The Hall–Kier alpha value is -5.19. The molecule has 1 saturated heterocycles. The number of rotatable bonds is 7. The maximum Gasteiger partial charge on any atom is 0.408 e. The number of ether oxygens (including phenoxy) is 1. The number of carbonyl (C=O) groups excluding carboxylic acids is 4. The SMILES string of the molecule is C[C@H]1CC/C=C/c2cccc(c2)-c2nn(nc2-c2ccccc2)C2C[C@@H](C(=O)N[C@@]3(C(=O)NS(=O)(=O)C4CC4)C[C@H]3C(F)F)N(C2)C(=O)[C@H](C(C)(C)C)NC(=O)O1. The van der Waals surface area contributed by atoms with Crippen LogP contribution < -0.4 is 15.4 Å². The number of fused-ring (bicyclic) bond motifs is 8. The van der Waals surface area contributed by atoms with Crippen LogP contribution in [0.5, 0.6) is 0 Å². The number of aromatic nitrogens is 3. The highest BCUT2D eigenvalue weighted by molar-refractivity contribution is 7.91. The summed E-state index contributed by atoms with van der Waals surface area (Å²) in [5.41, 5.74) is 0.409. The fourth-order valence-corrected chi connectivity index (χ4v) is 8.89. The Morgan fingerprint density at radius 3 is 2.33 bits per heavy atom. The van der Waals surface area contributed by atoms with Gasteiger partial charge in [-0.1, -0.05) is 81.5 Å². The van der Waals surface area contributed by atoms with Gasteiger partial charge in [0.2, 0.25) is 28.3 Å². The smallest absolute Gasteiger partial charge is 0.408 e. The zero-order valence-electron chi connectivity index (χ0n) is 32.2. The van der Waals surface area contributed by atoms with E-state index in [-0.39, 0.29) is 13.0 Å². The summed E-state index contributed by atoms with van der Waals surface area (Å²) in [4.78, 5) is 58.5. The topological polar surface area (TPSA) is 182 Å². The van der Waals surface area contributed by atoms with Crippen LogP contribution in [-0.2, 0) is 29.1 Å². The van der Waals surface area contributed by atoms with E-state index >= 15 is 0 Å². The van der Waals surface area contributed by atoms with Crippen molar-refractivity contribution in [2.75, 3.05) is 6.54 Å². The highest BCUT2D eigenvalue weighted by atomic mass is 32.2. The predicted molar refractivity (Wildman–Crippen MR) is 206 cm³/mol. The van der Waals surface area contributed by atoms with Crippen molar-refractivity contribution >= 4 is 39.9 Å². The molecule has 57 heavy (non-hydrogen) atoms. The number of hydrogen-bond acceptors (Lipinski definition) is 9.